The summed E-state index contributed by atoms with van der Waals surface area (Å²) in [6.07, 6.45) is 7.45. The summed E-state index contributed by atoms with van der Waals surface area (Å²) < 4.78 is 77.1. The Morgan fingerprint density at radius 3 is 1.12 bits per heavy atom. The van der Waals surface area contributed by atoms with E-state index in [9.17, 15) is 31.8 Å². The van der Waals surface area contributed by atoms with Crippen LogP contribution in [0.5, 0.6) is 28.7 Å². The lowest BCUT2D eigenvalue weighted by atomic mass is 9.71. The lowest BCUT2D eigenvalue weighted by Crippen LogP contribution is -2.31. The van der Waals surface area contributed by atoms with Gasteiger partial charge in [-0.1, -0.05) is 90.1 Å². The molecule has 0 fully saturated rings. The highest BCUT2D eigenvalue weighted by Gasteiger charge is 2.48. The van der Waals surface area contributed by atoms with E-state index < -0.39 is 26.8 Å². The van der Waals surface area contributed by atoms with Gasteiger partial charge in [-0.3, -0.25) is 24.9 Å². The molecule has 78 heavy (non-hydrogen) atoms. The topological polar surface area (TPSA) is 167 Å². The van der Waals surface area contributed by atoms with Crippen molar-refractivity contribution in [3.05, 3.63) is 225 Å². The Labute approximate surface area is 469 Å². The van der Waals surface area contributed by atoms with Gasteiger partial charge in [-0.2, -0.15) is 21.6 Å². The van der Waals surface area contributed by atoms with E-state index in [0.717, 1.165) is 51.9 Å². The Hall–Kier alpha value is -7.12. The zero-order chi connectivity index (χ0) is 56.9. The Balaban J connectivity index is 0.000000196. The van der Waals surface area contributed by atoms with Gasteiger partial charge in [-0.25, -0.2) is 0 Å². The Kier molecular flexibility index (Phi) is 20.1. The van der Waals surface area contributed by atoms with Gasteiger partial charge in [0.1, 0.15) is 36.2 Å². The van der Waals surface area contributed by atoms with E-state index in [2.05, 4.69) is 130 Å². The number of aromatic nitrogens is 5. The standard InChI is InChI=1S/C23H23F3N2O4S.C22H24N2O2.C16H18INO/c1-16(2)22(3,21-12-11-20(14-28-21)32-33(29,30)23(24,25)26)17-7-9-19(10-8-17)31-15-18-6-4-5-13-27-18;1-16(2)22(3,21-12-9-19(25)14-24-21)17-7-10-20(11-8-17)26-15-18-6-4-5-13-23-18;1-11(2)16(3,12-4-6-13(17)7-5-12)15-9-8-14(19)10-18-15/h4-14,16H,15H2,1-3H3;4-14,16,25H,15H2,1-3H3;4-11,19H,1-3H3. The van der Waals surface area contributed by atoms with Gasteiger partial charge in [0.25, 0.3) is 0 Å². The Bertz CT molecular complexity index is 3190. The third-order valence-electron chi connectivity index (χ3n) is 14.4. The fourth-order valence-electron chi connectivity index (χ4n) is 8.50. The Morgan fingerprint density at radius 1 is 0.474 bits per heavy atom. The molecule has 0 radical (unpaired) electrons. The summed E-state index contributed by atoms with van der Waals surface area (Å²) >= 11 is 2.31. The highest BCUT2D eigenvalue weighted by atomic mass is 127. The van der Waals surface area contributed by atoms with Gasteiger partial charge < -0.3 is 23.9 Å². The fraction of sp³-hybridized carbons (Fsp3) is 0.295. The average molecular weight is 1200 g/mol. The van der Waals surface area contributed by atoms with E-state index in [0.29, 0.717) is 36.5 Å². The monoisotopic (exact) mass is 1200 g/mol. The summed E-state index contributed by atoms with van der Waals surface area (Å²) in [6.45, 7) is 19.9. The van der Waals surface area contributed by atoms with Crippen LogP contribution in [0.1, 0.15) is 107 Å². The van der Waals surface area contributed by atoms with E-state index in [1.165, 1.54) is 27.6 Å². The molecule has 0 spiro atoms. The van der Waals surface area contributed by atoms with Gasteiger partial charge >= 0.3 is 15.6 Å². The summed E-state index contributed by atoms with van der Waals surface area (Å²) in [7, 11) is -5.76. The van der Waals surface area contributed by atoms with Gasteiger partial charge in [-0.05, 0) is 175 Å². The number of benzene rings is 3. The molecular weight excluding hydrogens is 1130 g/mol. The molecule has 3 atom stereocenters. The van der Waals surface area contributed by atoms with Crippen LogP contribution in [0.3, 0.4) is 0 Å². The van der Waals surface area contributed by atoms with Crippen molar-refractivity contribution in [2.75, 3.05) is 0 Å². The number of nitrogens with zero attached hydrogens (tertiary/aromatic N) is 5. The summed E-state index contributed by atoms with van der Waals surface area (Å²) in [4.78, 5) is 21.6. The number of halogens is 4. The third kappa shape index (κ3) is 14.7. The maximum Gasteiger partial charge on any atom is 0.534 e. The number of pyridine rings is 5. The molecule has 0 saturated carbocycles. The molecule has 8 aromatic rings. The van der Waals surface area contributed by atoms with Gasteiger partial charge in [-0.15, -0.1) is 0 Å². The number of hydrogen-bond acceptors (Lipinski definition) is 12. The molecule has 2 N–H and O–H groups in total. The second-order valence-corrected chi connectivity index (χ2v) is 22.8. The van der Waals surface area contributed by atoms with Crippen molar-refractivity contribution >= 4 is 32.7 Å². The van der Waals surface area contributed by atoms with E-state index in [4.69, 9.17) is 9.47 Å². The van der Waals surface area contributed by atoms with E-state index in [1.54, 1.807) is 24.5 Å². The van der Waals surface area contributed by atoms with Crippen LogP contribution in [0.15, 0.2) is 177 Å². The minimum atomic E-state index is -5.76. The van der Waals surface area contributed by atoms with Crippen molar-refractivity contribution in [1.29, 1.82) is 0 Å². The van der Waals surface area contributed by atoms with Crippen LogP contribution >= 0.6 is 22.6 Å². The van der Waals surface area contributed by atoms with Gasteiger partial charge in [0.2, 0.25) is 0 Å². The lowest BCUT2D eigenvalue weighted by molar-refractivity contribution is -0.0500. The van der Waals surface area contributed by atoms with Crippen LogP contribution in [0, 0.1) is 21.3 Å². The van der Waals surface area contributed by atoms with E-state index in [1.807, 2.05) is 106 Å². The fourth-order valence-corrected chi connectivity index (χ4v) is 9.31. The molecule has 12 nitrogen and oxygen atoms in total. The molecule has 5 aromatic heterocycles. The van der Waals surface area contributed by atoms with Crippen LogP contribution in [0.2, 0.25) is 0 Å². The van der Waals surface area contributed by atoms with Crippen molar-refractivity contribution in [3.8, 4) is 28.7 Å². The zero-order valence-corrected chi connectivity index (χ0v) is 48.0. The van der Waals surface area contributed by atoms with Gasteiger partial charge in [0.05, 0.1) is 47.1 Å². The first-order valence-corrected chi connectivity index (χ1v) is 27.7. The molecule has 0 saturated heterocycles. The van der Waals surface area contributed by atoms with Crippen LogP contribution in [-0.4, -0.2) is 49.1 Å². The Morgan fingerprint density at radius 2 is 0.821 bits per heavy atom. The molecule has 0 aliphatic carbocycles. The summed E-state index contributed by atoms with van der Waals surface area (Å²) in [6, 6.07) is 45.3. The summed E-state index contributed by atoms with van der Waals surface area (Å²) in [5.41, 5.74) is 0.962. The van der Waals surface area contributed by atoms with Crippen LogP contribution < -0.4 is 13.7 Å². The summed E-state index contributed by atoms with van der Waals surface area (Å²) in [5, 5.41) is 18.9. The zero-order valence-electron chi connectivity index (χ0n) is 45.0. The number of aromatic hydroxyl groups is 2. The lowest BCUT2D eigenvalue weighted by Gasteiger charge is -2.34. The molecule has 3 unspecified atom stereocenters. The number of rotatable bonds is 17. The van der Waals surface area contributed by atoms with Crippen molar-refractivity contribution in [2.45, 2.75) is 97.3 Å². The minimum absolute atomic E-state index is 0.0518. The molecular formula is C61H65F3IN5O7S. The van der Waals surface area contributed by atoms with Gasteiger partial charge in [0, 0.05) is 32.2 Å². The highest BCUT2D eigenvalue weighted by molar-refractivity contribution is 14.1. The molecule has 0 aliphatic heterocycles. The second-order valence-electron chi connectivity index (χ2n) is 20.0. The highest BCUT2D eigenvalue weighted by Crippen LogP contribution is 2.42. The van der Waals surface area contributed by atoms with Crippen LogP contribution in [0.4, 0.5) is 13.2 Å². The molecule has 410 valence electrons. The molecule has 17 heteroatoms. The first-order chi connectivity index (χ1) is 36.9. The van der Waals surface area contributed by atoms with Crippen LogP contribution in [-0.2, 0) is 39.6 Å². The molecule has 0 aliphatic rings. The largest absolute Gasteiger partial charge is 0.534 e. The average Bonchev–Trinajstić information content (AvgIpc) is 3.48. The van der Waals surface area contributed by atoms with E-state index in [-0.39, 0.29) is 28.2 Å². The van der Waals surface area contributed by atoms with Crippen molar-refractivity contribution < 1.29 is 45.5 Å². The maximum atomic E-state index is 12.6. The number of hydrogen-bond donors (Lipinski definition) is 2. The van der Waals surface area contributed by atoms with E-state index >= 15 is 0 Å². The van der Waals surface area contributed by atoms with Crippen LogP contribution in [0.25, 0.3) is 0 Å². The predicted octanol–water partition coefficient (Wildman–Crippen LogP) is 14.3. The smallest absolute Gasteiger partial charge is 0.506 e. The quantitative estimate of drug-likeness (QED) is 0.0504. The first kappa shape index (κ1) is 60.1. The molecule has 0 bridgehead atoms. The predicted molar refractivity (Wildman–Crippen MR) is 305 cm³/mol. The van der Waals surface area contributed by atoms with Crippen molar-refractivity contribution in [2.24, 2.45) is 17.8 Å². The normalized spacial score (nSPS) is 13.9. The SMILES string of the molecule is CC(C)C(C)(c1ccc(I)cc1)c1ccc(O)cn1.CC(C)C(C)(c1ccc(OCc2ccccn2)cc1)c1ccc(O)cn1.CC(C)C(C)(c1ccc(OCc2ccccn2)cc1)c1ccc(OS(=O)(=O)C(F)(F)F)cn1. The molecule has 0 amide bonds. The maximum absolute atomic E-state index is 12.6. The molecule has 3 aromatic carbocycles. The first-order valence-electron chi connectivity index (χ1n) is 25.2. The summed E-state index contributed by atoms with van der Waals surface area (Å²) in [5.74, 6) is 2.13. The molecule has 5 heterocycles. The minimum Gasteiger partial charge on any atom is -0.506 e. The van der Waals surface area contributed by atoms with Crippen molar-refractivity contribution in [3.63, 3.8) is 0 Å². The molecule has 8 rings (SSSR count). The second kappa shape index (κ2) is 26.0. The third-order valence-corrected chi connectivity index (χ3v) is 16.1. The number of alkyl halides is 3. The van der Waals surface area contributed by atoms with Gasteiger partial charge in [0.15, 0.2) is 5.75 Å². The van der Waals surface area contributed by atoms with Crippen molar-refractivity contribution in [1.82, 2.24) is 24.9 Å². The number of ether oxygens (including phenoxy) is 2.